The molecule has 1 aromatic heterocycles. The predicted molar refractivity (Wildman–Crippen MR) is 76.6 cm³/mol. The largest absolute Gasteiger partial charge is 0.313 e. The van der Waals surface area contributed by atoms with Crippen molar-refractivity contribution in [1.82, 2.24) is 15.5 Å². The van der Waals surface area contributed by atoms with Gasteiger partial charge in [-0.15, -0.1) is 0 Å². The fraction of sp³-hybridized carbons (Fsp3) is 0.733. The van der Waals surface area contributed by atoms with E-state index in [1.807, 2.05) is 14.0 Å². The van der Waals surface area contributed by atoms with Gasteiger partial charge in [0.2, 0.25) is 0 Å². The monoisotopic (exact) mass is 249 g/mol. The maximum absolute atomic E-state index is 4.32. The molecule has 0 spiro atoms. The molecule has 102 valence electrons. The molecule has 18 heavy (non-hydrogen) atoms. The Labute approximate surface area is 111 Å². The van der Waals surface area contributed by atoms with Gasteiger partial charge in [0.1, 0.15) is 0 Å². The first kappa shape index (κ1) is 15.1. The Morgan fingerprint density at radius 1 is 1.22 bits per heavy atom. The van der Waals surface area contributed by atoms with Gasteiger partial charge < -0.3 is 5.32 Å². The fourth-order valence-corrected chi connectivity index (χ4v) is 2.30. The van der Waals surface area contributed by atoms with Crippen LogP contribution in [-0.4, -0.2) is 17.2 Å². The summed E-state index contributed by atoms with van der Waals surface area (Å²) in [5, 5.41) is 11.9. The average Bonchev–Trinajstić information content (AvgIpc) is 2.34. The van der Waals surface area contributed by atoms with Crippen LogP contribution in [0.15, 0.2) is 6.07 Å². The van der Waals surface area contributed by atoms with E-state index in [4.69, 9.17) is 0 Å². The third-order valence-corrected chi connectivity index (χ3v) is 3.36. The van der Waals surface area contributed by atoms with Gasteiger partial charge in [0.25, 0.3) is 0 Å². The molecule has 0 amide bonds. The highest BCUT2D eigenvalue weighted by atomic mass is 15.1. The number of nitrogens with zero attached hydrogens (tertiary/aromatic N) is 2. The topological polar surface area (TPSA) is 37.8 Å². The normalized spacial score (nSPS) is 13.0. The van der Waals surface area contributed by atoms with Gasteiger partial charge in [-0.1, -0.05) is 33.6 Å². The van der Waals surface area contributed by atoms with Crippen molar-refractivity contribution in [3.05, 3.63) is 23.0 Å². The molecule has 1 unspecified atom stereocenters. The first-order valence-corrected chi connectivity index (χ1v) is 7.08. The summed E-state index contributed by atoms with van der Waals surface area (Å²) in [6, 6.07) is 2.59. The van der Waals surface area contributed by atoms with E-state index in [2.05, 4.69) is 42.4 Å². The van der Waals surface area contributed by atoms with Gasteiger partial charge in [0.15, 0.2) is 0 Å². The Balaban J connectivity index is 2.77. The van der Waals surface area contributed by atoms with Crippen LogP contribution < -0.4 is 5.32 Å². The van der Waals surface area contributed by atoms with Crippen LogP contribution >= 0.6 is 0 Å². The third kappa shape index (κ3) is 4.37. The summed E-state index contributed by atoms with van der Waals surface area (Å²) in [7, 11) is 2.04. The van der Waals surface area contributed by atoms with E-state index in [-0.39, 0.29) is 0 Å². The summed E-state index contributed by atoms with van der Waals surface area (Å²) in [4.78, 5) is 0. The summed E-state index contributed by atoms with van der Waals surface area (Å²) in [6.07, 6.45) is 4.67. The van der Waals surface area contributed by atoms with Crippen molar-refractivity contribution in [3.63, 3.8) is 0 Å². The molecule has 1 N–H and O–H groups in total. The molecule has 0 saturated carbocycles. The van der Waals surface area contributed by atoms with Crippen LogP contribution in [0.4, 0.5) is 0 Å². The average molecular weight is 249 g/mol. The van der Waals surface area contributed by atoms with Crippen molar-refractivity contribution in [2.75, 3.05) is 7.05 Å². The maximum atomic E-state index is 4.32. The van der Waals surface area contributed by atoms with E-state index in [1.54, 1.807) is 0 Å². The van der Waals surface area contributed by atoms with Gasteiger partial charge in [-0.05, 0) is 44.4 Å². The van der Waals surface area contributed by atoms with E-state index in [0.29, 0.717) is 6.04 Å². The Morgan fingerprint density at radius 2 is 1.94 bits per heavy atom. The summed E-state index contributed by atoms with van der Waals surface area (Å²) in [6.45, 7) is 8.72. The molecule has 1 heterocycles. The lowest BCUT2D eigenvalue weighted by atomic mass is 9.96. The second-order valence-corrected chi connectivity index (χ2v) is 5.41. The number of hydrogen-bond acceptors (Lipinski definition) is 3. The first-order chi connectivity index (χ1) is 8.58. The zero-order valence-electron chi connectivity index (χ0n) is 12.5. The number of hydrogen-bond donors (Lipinski definition) is 1. The second kappa shape index (κ2) is 7.47. The molecule has 0 aliphatic rings. The molecule has 1 atom stereocenters. The number of rotatable bonds is 7. The lowest BCUT2D eigenvalue weighted by Gasteiger charge is -2.19. The highest BCUT2D eigenvalue weighted by molar-refractivity contribution is 5.24. The van der Waals surface area contributed by atoms with Crippen LogP contribution in [0.2, 0.25) is 0 Å². The third-order valence-electron chi connectivity index (χ3n) is 3.36. The maximum Gasteiger partial charge on any atom is 0.0676 e. The molecular weight excluding hydrogens is 222 g/mol. The molecule has 0 fully saturated rings. The van der Waals surface area contributed by atoms with Crippen molar-refractivity contribution in [2.24, 2.45) is 5.92 Å². The quantitative estimate of drug-likeness (QED) is 0.804. The number of nitrogens with one attached hydrogen (secondary N) is 1. The standard InChI is InChI=1S/C15H27N3/c1-6-14-13(10-12(4)17-18-14)15(16-5)9-7-8-11(2)3/h10-11,15-16H,6-9H2,1-5H3. The minimum atomic E-state index is 0.410. The summed E-state index contributed by atoms with van der Waals surface area (Å²) >= 11 is 0. The van der Waals surface area contributed by atoms with E-state index in [1.165, 1.54) is 24.8 Å². The van der Waals surface area contributed by atoms with Crippen molar-refractivity contribution in [1.29, 1.82) is 0 Å². The summed E-state index contributed by atoms with van der Waals surface area (Å²) in [5.41, 5.74) is 3.46. The first-order valence-electron chi connectivity index (χ1n) is 7.08. The number of aromatic nitrogens is 2. The van der Waals surface area contributed by atoms with Crippen LogP contribution in [-0.2, 0) is 6.42 Å². The Morgan fingerprint density at radius 3 is 2.50 bits per heavy atom. The molecule has 3 nitrogen and oxygen atoms in total. The van der Waals surface area contributed by atoms with Crippen molar-refractivity contribution in [2.45, 2.75) is 59.4 Å². The molecule has 3 heteroatoms. The fourth-order valence-electron chi connectivity index (χ4n) is 2.30. The number of aryl methyl sites for hydroxylation is 2. The SMILES string of the molecule is CCc1nnc(C)cc1C(CCCC(C)C)NC. The highest BCUT2D eigenvalue weighted by Crippen LogP contribution is 2.23. The Kier molecular flexibility index (Phi) is 6.27. The van der Waals surface area contributed by atoms with Crippen molar-refractivity contribution in [3.8, 4) is 0 Å². The van der Waals surface area contributed by atoms with Gasteiger partial charge in [-0.3, -0.25) is 0 Å². The van der Waals surface area contributed by atoms with Crippen LogP contribution in [0.1, 0.15) is 63.0 Å². The zero-order chi connectivity index (χ0) is 13.5. The molecule has 0 bridgehead atoms. The summed E-state index contributed by atoms with van der Waals surface area (Å²) < 4.78 is 0. The molecule has 0 radical (unpaired) electrons. The lowest BCUT2D eigenvalue weighted by Crippen LogP contribution is -2.19. The van der Waals surface area contributed by atoms with Gasteiger partial charge in [-0.2, -0.15) is 10.2 Å². The van der Waals surface area contributed by atoms with Gasteiger partial charge in [0.05, 0.1) is 11.4 Å². The second-order valence-electron chi connectivity index (χ2n) is 5.41. The van der Waals surface area contributed by atoms with Crippen molar-refractivity contribution < 1.29 is 0 Å². The van der Waals surface area contributed by atoms with Gasteiger partial charge in [0, 0.05) is 6.04 Å². The van der Waals surface area contributed by atoms with E-state index in [9.17, 15) is 0 Å². The van der Waals surface area contributed by atoms with E-state index < -0.39 is 0 Å². The van der Waals surface area contributed by atoms with Crippen LogP contribution in [0, 0.1) is 12.8 Å². The molecule has 0 saturated heterocycles. The minimum Gasteiger partial charge on any atom is -0.313 e. The molecule has 0 aromatic carbocycles. The van der Waals surface area contributed by atoms with Crippen LogP contribution in [0.3, 0.4) is 0 Å². The minimum absolute atomic E-state index is 0.410. The molecule has 0 aliphatic heterocycles. The van der Waals surface area contributed by atoms with E-state index >= 15 is 0 Å². The summed E-state index contributed by atoms with van der Waals surface area (Å²) in [5.74, 6) is 0.783. The van der Waals surface area contributed by atoms with Crippen LogP contribution in [0.5, 0.6) is 0 Å². The van der Waals surface area contributed by atoms with Crippen LogP contribution in [0.25, 0.3) is 0 Å². The Bertz CT molecular complexity index is 361. The highest BCUT2D eigenvalue weighted by Gasteiger charge is 2.14. The van der Waals surface area contributed by atoms with Crippen molar-refractivity contribution >= 4 is 0 Å². The zero-order valence-corrected chi connectivity index (χ0v) is 12.5. The molecule has 0 aliphatic carbocycles. The van der Waals surface area contributed by atoms with Gasteiger partial charge >= 0.3 is 0 Å². The molecule has 1 aromatic rings. The van der Waals surface area contributed by atoms with Gasteiger partial charge in [-0.25, -0.2) is 0 Å². The van der Waals surface area contributed by atoms with E-state index in [0.717, 1.165) is 23.7 Å². The Hall–Kier alpha value is -0.960. The smallest absolute Gasteiger partial charge is 0.0676 e. The molecule has 1 rings (SSSR count). The predicted octanol–water partition coefficient (Wildman–Crippen LogP) is 3.43. The lowest BCUT2D eigenvalue weighted by molar-refractivity contribution is 0.466. The molecular formula is C15H27N3.